The minimum atomic E-state index is 0.210. The average Bonchev–Trinajstić information content (AvgIpc) is 2.45. The average molecular weight is 255 g/mol. The summed E-state index contributed by atoms with van der Waals surface area (Å²) in [5, 5.41) is 3.54. The van der Waals surface area contributed by atoms with Gasteiger partial charge in [0.25, 0.3) is 0 Å². The molecule has 0 saturated carbocycles. The van der Waals surface area contributed by atoms with E-state index in [0.717, 1.165) is 5.75 Å². The third-order valence-electron chi connectivity index (χ3n) is 2.90. The molecule has 2 rings (SSSR count). The van der Waals surface area contributed by atoms with E-state index in [1.807, 2.05) is 36.4 Å². The molecule has 0 saturated heterocycles. The van der Waals surface area contributed by atoms with Crippen LogP contribution < -0.4 is 10.1 Å². The first-order chi connectivity index (χ1) is 9.25. The number of para-hydroxylation sites is 1. The van der Waals surface area contributed by atoms with Gasteiger partial charge in [-0.25, -0.2) is 0 Å². The Kier molecular flexibility index (Phi) is 4.99. The first kappa shape index (κ1) is 13.6. The second-order valence-electron chi connectivity index (χ2n) is 4.91. The number of hydrogen-bond acceptors (Lipinski definition) is 2. The third kappa shape index (κ3) is 4.42. The molecule has 1 atom stereocenters. The summed E-state index contributed by atoms with van der Waals surface area (Å²) in [7, 11) is 0. The van der Waals surface area contributed by atoms with Crippen molar-refractivity contribution in [2.24, 2.45) is 0 Å². The molecule has 0 spiro atoms. The Labute approximate surface area is 115 Å². The van der Waals surface area contributed by atoms with E-state index in [9.17, 15) is 0 Å². The Morgan fingerprint density at radius 3 is 2.05 bits per heavy atom. The van der Waals surface area contributed by atoms with Crippen molar-refractivity contribution in [2.45, 2.75) is 25.9 Å². The fourth-order valence-corrected chi connectivity index (χ4v) is 2.02. The van der Waals surface area contributed by atoms with Crippen LogP contribution in [0.4, 0.5) is 0 Å². The summed E-state index contributed by atoms with van der Waals surface area (Å²) in [6, 6.07) is 21.0. The Morgan fingerprint density at radius 2 is 1.47 bits per heavy atom. The van der Waals surface area contributed by atoms with Gasteiger partial charge in [0, 0.05) is 6.04 Å². The normalized spacial score (nSPS) is 12.4. The molecule has 2 heteroatoms. The van der Waals surface area contributed by atoms with Crippen LogP contribution in [-0.2, 0) is 0 Å². The predicted molar refractivity (Wildman–Crippen MR) is 79.4 cm³/mol. The minimum Gasteiger partial charge on any atom is -0.492 e. The zero-order chi connectivity index (χ0) is 13.5. The van der Waals surface area contributed by atoms with E-state index in [-0.39, 0.29) is 6.04 Å². The van der Waals surface area contributed by atoms with Gasteiger partial charge in [-0.1, -0.05) is 62.4 Å². The zero-order valence-electron chi connectivity index (χ0n) is 11.5. The molecular formula is C17H21NO. The Morgan fingerprint density at radius 1 is 0.895 bits per heavy atom. The number of ether oxygens (including phenoxy) is 1. The highest BCUT2D eigenvalue weighted by Gasteiger charge is 2.12. The molecule has 0 radical (unpaired) electrons. The van der Waals surface area contributed by atoms with Gasteiger partial charge in [-0.2, -0.15) is 0 Å². The molecule has 0 fully saturated rings. The van der Waals surface area contributed by atoms with Gasteiger partial charge in [-0.15, -0.1) is 0 Å². The SMILES string of the molecule is CC(C)N[C@@H](COc1ccccc1)c1ccccc1. The van der Waals surface area contributed by atoms with Crippen molar-refractivity contribution < 1.29 is 4.74 Å². The molecule has 19 heavy (non-hydrogen) atoms. The Balaban J connectivity index is 2.02. The van der Waals surface area contributed by atoms with Crippen molar-refractivity contribution in [3.63, 3.8) is 0 Å². The molecule has 2 aromatic carbocycles. The summed E-state index contributed by atoms with van der Waals surface area (Å²) in [6.07, 6.45) is 0. The monoisotopic (exact) mass is 255 g/mol. The quantitative estimate of drug-likeness (QED) is 0.847. The summed E-state index contributed by atoms with van der Waals surface area (Å²) >= 11 is 0. The molecule has 0 aromatic heterocycles. The van der Waals surface area contributed by atoms with E-state index >= 15 is 0 Å². The topological polar surface area (TPSA) is 21.3 Å². The molecule has 0 heterocycles. The lowest BCUT2D eigenvalue weighted by molar-refractivity contribution is 0.258. The first-order valence-electron chi connectivity index (χ1n) is 6.74. The molecule has 2 aromatic rings. The summed E-state index contributed by atoms with van der Waals surface area (Å²) in [6.45, 7) is 4.93. The summed E-state index contributed by atoms with van der Waals surface area (Å²) < 4.78 is 5.86. The molecule has 0 bridgehead atoms. The van der Waals surface area contributed by atoms with Gasteiger partial charge in [-0.05, 0) is 17.7 Å². The van der Waals surface area contributed by atoms with Crippen LogP contribution in [0.2, 0.25) is 0 Å². The maximum Gasteiger partial charge on any atom is 0.119 e. The van der Waals surface area contributed by atoms with Crippen molar-refractivity contribution in [3.8, 4) is 5.75 Å². The van der Waals surface area contributed by atoms with E-state index in [4.69, 9.17) is 4.74 Å². The maximum atomic E-state index is 5.86. The fourth-order valence-electron chi connectivity index (χ4n) is 2.02. The molecule has 0 aliphatic carbocycles. The van der Waals surface area contributed by atoms with Gasteiger partial charge in [0.1, 0.15) is 12.4 Å². The van der Waals surface area contributed by atoms with Gasteiger partial charge >= 0.3 is 0 Å². The van der Waals surface area contributed by atoms with E-state index in [2.05, 4.69) is 43.4 Å². The second kappa shape index (κ2) is 6.95. The molecule has 0 amide bonds. The number of hydrogen-bond donors (Lipinski definition) is 1. The minimum absolute atomic E-state index is 0.210. The predicted octanol–water partition coefficient (Wildman–Crippen LogP) is 3.80. The highest BCUT2D eigenvalue weighted by molar-refractivity contribution is 5.22. The standard InChI is InChI=1S/C17H21NO/c1-14(2)18-17(15-9-5-3-6-10-15)13-19-16-11-7-4-8-12-16/h3-12,14,17-18H,13H2,1-2H3/t17-/m0/s1. The fraction of sp³-hybridized carbons (Fsp3) is 0.294. The van der Waals surface area contributed by atoms with E-state index in [0.29, 0.717) is 12.6 Å². The van der Waals surface area contributed by atoms with Crippen LogP contribution in [0.1, 0.15) is 25.5 Å². The summed E-state index contributed by atoms with van der Waals surface area (Å²) in [5.74, 6) is 0.911. The molecule has 0 aliphatic rings. The van der Waals surface area contributed by atoms with E-state index in [1.165, 1.54) is 5.56 Å². The van der Waals surface area contributed by atoms with Crippen molar-refractivity contribution >= 4 is 0 Å². The smallest absolute Gasteiger partial charge is 0.119 e. The lowest BCUT2D eigenvalue weighted by Gasteiger charge is -2.22. The van der Waals surface area contributed by atoms with Crippen LogP contribution in [0.3, 0.4) is 0 Å². The number of benzene rings is 2. The lowest BCUT2D eigenvalue weighted by atomic mass is 10.1. The Bertz CT molecular complexity index is 467. The van der Waals surface area contributed by atoms with Crippen LogP contribution in [0.15, 0.2) is 60.7 Å². The molecule has 1 N–H and O–H groups in total. The van der Waals surface area contributed by atoms with Crippen LogP contribution in [0.25, 0.3) is 0 Å². The second-order valence-corrected chi connectivity index (χ2v) is 4.91. The lowest BCUT2D eigenvalue weighted by Crippen LogP contribution is -2.32. The van der Waals surface area contributed by atoms with Crippen molar-refractivity contribution in [2.75, 3.05) is 6.61 Å². The Hall–Kier alpha value is -1.80. The largest absolute Gasteiger partial charge is 0.492 e. The van der Waals surface area contributed by atoms with Crippen LogP contribution in [0.5, 0.6) is 5.75 Å². The van der Waals surface area contributed by atoms with Crippen molar-refractivity contribution in [1.29, 1.82) is 0 Å². The first-order valence-corrected chi connectivity index (χ1v) is 6.74. The van der Waals surface area contributed by atoms with Crippen molar-refractivity contribution in [1.82, 2.24) is 5.32 Å². The zero-order valence-corrected chi connectivity index (χ0v) is 11.5. The number of nitrogens with one attached hydrogen (secondary N) is 1. The van der Waals surface area contributed by atoms with Crippen LogP contribution >= 0.6 is 0 Å². The van der Waals surface area contributed by atoms with Crippen LogP contribution in [-0.4, -0.2) is 12.6 Å². The molecule has 2 nitrogen and oxygen atoms in total. The third-order valence-corrected chi connectivity index (χ3v) is 2.90. The maximum absolute atomic E-state index is 5.86. The highest BCUT2D eigenvalue weighted by atomic mass is 16.5. The van der Waals surface area contributed by atoms with Crippen LogP contribution in [0, 0.1) is 0 Å². The highest BCUT2D eigenvalue weighted by Crippen LogP contribution is 2.16. The van der Waals surface area contributed by atoms with Gasteiger partial charge in [0.15, 0.2) is 0 Å². The van der Waals surface area contributed by atoms with Gasteiger partial charge in [0.05, 0.1) is 6.04 Å². The summed E-state index contributed by atoms with van der Waals surface area (Å²) in [5.41, 5.74) is 1.26. The van der Waals surface area contributed by atoms with Gasteiger partial charge in [-0.3, -0.25) is 0 Å². The van der Waals surface area contributed by atoms with Gasteiger partial charge < -0.3 is 10.1 Å². The molecule has 0 aliphatic heterocycles. The van der Waals surface area contributed by atoms with E-state index < -0.39 is 0 Å². The summed E-state index contributed by atoms with van der Waals surface area (Å²) in [4.78, 5) is 0. The number of rotatable bonds is 6. The van der Waals surface area contributed by atoms with Crippen molar-refractivity contribution in [3.05, 3.63) is 66.2 Å². The van der Waals surface area contributed by atoms with Gasteiger partial charge in [0.2, 0.25) is 0 Å². The molecule has 100 valence electrons. The molecule has 0 unspecified atom stereocenters. The molecular weight excluding hydrogens is 234 g/mol. The van der Waals surface area contributed by atoms with E-state index in [1.54, 1.807) is 0 Å².